The smallest absolute Gasteiger partial charge is 0.240 e. The van der Waals surface area contributed by atoms with Gasteiger partial charge in [0.2, 0.25) is 5.91 Å². The van der Waals surface area contributed by atoms with E-state index in [1.165, 1.54) is 11.9 Å². The average molecular weight is 491 g/mol. The number of rotatable bonds is 8. The Kier molecular flexibility index (Phi) is 8.25. The molecule has 1 saturated heterocycles. The van der Waals surface area contributed by atoms with Crippen LogP contribution < -0.4 is 9.46 Å². The number of likely N-dealkylation sites (tertiary alicyclic amines) is 1. The lowest BCUT2D eigenvalue weighted by molar-refractivity contribution is -0.134. The number of hydrogen-bond acceptors (Lipinski definition) is 5. The molecule has 1 amide bonds. The number of ether oxygens (including phenoxy) is 1. The Balaban J connectivity index is 1.72. The monoisotopic (exact) mass is 490 g/mol. The highest BCUT2D eigenvalue weighted by atomic mass is 79.9. The molecule has 1 fully saturated rings. The Morgan fingerprint density at radius 2 is 2.17 bits per heavy atom. The second-order valence-electron chi connectivity index (χ2n) is 7.56. The number of nitrogens with one attached hydrogen (secondary N) is 1. The van der Waals surface area contributed by atoms with Crippen LogP contribution in [0.2, 0.25) is 0 Å². The second-order valence-corrected chi connectivity index (χ2v) is 9.36. The van der Waals surface area contributed by atoms with Crippen molar-refractivity contribution in [1.82, 2.24) is 14.2 Å². The van der Waals surface area contributed by atoms with Crippen LogP contribution in [0.1, 0.15) is 31.9 Å². The maximum atomic E-state index is 13.3. The van der Waals surface area contributed by atoms with Gasteiger partial charge in [-0.05, 0) is 67.5 Å². The van der Waals surface area contributed by atoms with Crippen molar-refractivity contribution in [3.05, 3.63) is 46.7 Å². The van der Waals surface area contributed by atoms with Crippen LogP contribution in [0.4, 0.5) is 0 Å². The van der Waals surface area contributed by atoms with Crippen LogP contribution in [-0.2, 0) is 11.3 Å². The molecule has 0 spiro atoms. The molecular formula is C22H27BrN4O2S. The van der Waals surface area contributed by atoms with E-state index in [0.29, 0.717) is 24.6 Å². The third kappa shape index (κ3) is 5.81. The minimum Gasteiger partial charge on any atom is -0.496 e. The molecule has 1 aromatic carbocycles. The molecular weight excluding hydrogens is 464 g/mol. The van der Waals surface area contributed by atoms with Crippen molar-refractivity contribution >= 4 is 33.8 Å². The molecule has 6 nitrogen and oxygen atoms in total. The zero-order chi connectivity index (χ0) is 21.5. The molecule has 2 aromatic rings. The van der Waals surface area contributed by atoms with Crippen LogP contribution >= 0.6 is 27.9 Å². The molecule has 2 heterocycles. The predicted molar refractivity (Wildman–Crippen MR) is 122 cm³/mol. The first kappa shape index (κ1) is 22.7. The Labute approximate surface area is 190 Å². The van der Waals surface area contributed by atoms with Gasteiger partial charge in [-0.25, -0.2) is 4.72 Å². The van der Waals surface area contributed by atoms with E-state index in [0.717, 1.165) is 41.0 Å². The summed E-state index contributed by atoms with van der Waals surface area (Å²) in [7, 11) is 1.64. The van der Waals surface area contributed by atoms with E-state index in [2.05, 4.69) is 33.6 Å². The lowest BCUT2D eigenvalue weighted by Crippen LogP contribution is -2.47. The van der Waals surface area contributed by atoms with Gasteiger partial charge in [0.15, 0.2) is 0 Å². The highest BCUT2D eigenvalue weighted by Gasteiger charge is 2.27. The maximum Gasteiger partial charge on any atom is 0.240 e. The number of nitrogens with zero attached hydrogens (tertiary/aromatic N) is 3. The summed E-state index contributed by atoms with van der Waals surface area (Å²) in [4.78, 5) is 16.2. The molecule has 0 aliphatic carbocycles. The van der Waals surface area contributed by atoms with Gasteiger partial charge in [-0.15, -0.1) is 0 Å². The first-order valence-corrected chi connectivity index (χ1v) is 11.7. The lowest BCUT2D eigenvalue weighted by atomic mass is 9.98. The van der Waals surface area contributed by atoms with Crippen LogP contribution in [0.3, 0.4) is 0 Å². The molecule has 160 valence electrons. The molecule has 1 aromatic heterocycles. The highest BCUT2D eigenvalue weighted by Crippen LogP contribution is 2.31. The molecule has 0 saturated carbocycles. The van der Waals surface area contributed by atoms with Crippen molar-refractivity contribution in [2.45, 2.75) is 43.7 Å². The van der Waals surface area contributed by atoms with Crippen molar-refractivity contribution in [1.29, 1.82) is 5.26 Å². The largest absolute Gasteiger partial charge is 0.496 e. The van der Waals surface area contributed by atoms with Gasteiger partial charge in [0.25, 0.3) is 0 Å². The molecule has 0 radical (unpaired) electrons. The normalized spacial score (nSPS) is 15.6. The summed E-state index contributed by atoms with van der Waals surface area (Å²) in [5.74, 6) is 1.54. The van der Waals surface area contributed by atoms with E-state index in [9.17, 15) is 10.1 Å². The molecule has 1 unspecified atom stereocenters. The number of aromatic nitrogens is 1. The van der Waals surface area contributed by atoms with E-state index >= 15 is 0 Å². The van der Waals surface area contributed by atoms with Crippen molar-refractivity contribution < 1.29 is 9.53 Å². The number of hydrogen-bond donors (Lipinski definition) is 1. The number of aryl methyl sites for hydroxylation is 1. The predicted octanol–water partition coefficient (Wildman–Crippen LogP) is 4.44. The number of carbonyl (C=O) groups excluding carboxylic acids is 1. The number of benzene rings is 1. The Bertz CT molecular complexity index is 903. The van der Waals surface area contributed by atoms with Crippen molar-refractivity contribution in [3.8, 4) is 11.8 Å². The first-order valence-electron chi connectivity index (χ1n) is 10.1. The Morgan fingerprint density at radius 1 is 1.40 bits per heavy atom. The van der Waals surface area contributed by atoms with Gasteiger partial charge in [0, 0.05) is 30.3 Å². The number of piperidine rings is 1. The third-order valence-electron chi connectivity index (χ3n) is 5.43. The zero-order valence-electron chi connectivity index (χ0n) is 17.3. The van der Waals surface area contributed by atoms with Crippen LogP contribution in [0.5, 0.6) is 5.75 Å². The summed E-state index contributed by atoms with van der Waals surface area (Å²) >= 11 is 4.90. The second kappa shape index (κ2) is 10.9. The summed E-state index contributed by atoms with van der Waals surface area (Å²) in [6.45, 7) is 4.44. The van der Waals surface area contributed by atoms with Gasteiger partial charge >= 0.3 is 0 Å². The minimum absolute atomic E-state index is 0.119. The van der Waals surface area contributed by atoms with Crippen LogP contribution in [0, 0.1) is 17.2 Å². The molecule has 1 atom stereocenters. The molecule has 30 heavy (non-hydrogen) atoms. The number of carbonyl (C=O) groups is 1. The van der Waals surface area contributed by atoms with Gasteiger partial charge in [-0.2, -0.15) is 5.26 Å². The van der Waals surface area contributed by atoms with E-state index in [1.807, 2.05) is 39.9 Å². The van der Waals surface area contributed by atoms with Crippen LogP contribution in [0.15, 0.2) is 45.9 Å². The minimum atomic E-state index is -0.360. The number of amides is 1. The molecule has 0 bridgehead atoms. The summed E-state index contributed by atoms with van der Waals surface area (Å²) < 4.78 is 11.7. The number of nitriles is 1. The van der Waals surface area contributed by atoms with E-state index in [-0.39, 0.29) is 11.9 Å². The topological polar surface area (TPSA) is 70.3 Å². The van der Waals surface area contributed by atoms with E-state index in [1.54, 1.807) is 13.2 Å². The maximum absolute atomic E-state index is 13.3. The quantitative estimate of drug-likeness (QED) is 0.553. The highest BCUT2D eigenvalue weighted by molar-refractivity contribution is 9.10. The molecule has 1 aliphatic rings. The molecule has 1 N–H and O–H groups in total. The third-order valence-corrected chi connectivity index (χ3v) is 6.87. The Hall–Kier alpha value is -1.95. The van der Waals surface area contributed by atoms with Gasteiger partial charge in [0.1, 0.15) is 17.5 Å². The van der Waals surface area contributed by atoms with Gasteiger partial charge in [-0.3, -0.25) is 4.79 Å². The fourth-order valence-electron chi connectivity index (χ4n) is 3.53. The van der Waals surface area contributed by atoms with Crippen molar-refractivity contribution in [2.75, 3.05) is 20.2 Å². The van der Waals surface area contributed by atoms with Crippen LogP contribution in [0.25, 0.3) is 0 Å². The number of halogens is 1. The molecule has 3 rings (SSSR count). The van der Waals surface area contributed by atoms with Crippen LogP contribution in [-0.4, -0.2) is 41.6 Å². The average Bonchev–Trinajstić information content (AvgIpc) is 3.21. The van der Waals surface area contributed by atoms with Crippen molar-refractivity contribution in [3.63, 3.8) is 0 Å². The lowest BCUT2D eigenvalue weighted by Gasteiger charge is -2.33. The SMILES string of the molecule is COc1ccc(Br)cc1SNC(CCn1cccc1C#N)C(=O)N1CCC(C)CC1. The van der Waals surface area contributed by atoms with Gasteiger partial charge < -0.3 is 14.2 Å². The Morgan fingerprint density at radius 3 is 2.87 bits per heavy atom. The summed E-state index contributed by atoms with van der Waals surface area (Å²) in [6.07, 6.45) is 4.56. The standard InChI is InChI=1S/C22H27BrN4O2S/c1-16-7-11-27(12-8-16)22(28)19(9-13-26-10-3-4-18(26)15-24)25-30-21-14-17(23)5-6-20(21)29-2/h3-6,10,14,16,19,25H,7-9,11-13H2,1-2H3. The van der Waals surface area contributed by atoms with Gasteiger partial charge in [-0.1, -0.05) is 22.9 Å². The summed E-state index contributed by atoms with van der Waals surface area (Å²) in [5, 5.41) is 9.26. The molecule has 8 heteroatoms. The zero-order valence-corrected chi connectivity index (χ0v) is 19.7. The molecule has 1 aliphatic heterocycles. The summed E-state index contributed by atoms with van der Waals surface area (Å²) in [6, 6.07) is 11.3. The van der Waals surface area contributed by atoms with E-state index < -0.39 is 0 Å². The fraction of sp³-hybridized carbons (Fsp3) is 0.455. The fourth-order valence-corrected chi connectivity index (χ4v) is 4.96. The van der Waals surface area contributed by atoms with E-state index in [4.69, 9.17) is 4.74 Å². The summed E-state index contributed by atoms with van der Waals surface area (Å²) in [5.41, 5.74) is 0.606. The van der Waals surface area contributed by atoms with Crippen molar-refractivity contribution in [2.24, 2.45) is 5.92 Å². The number of methoxy groups -OCH3 is 1. The van der Waals surface area contributed by atoms with Gasteiger partial charge in [0.05, 0.1) is 18.0 Å². The first-order chi connectivity index (χ1) is 14.5.